The number of ether oxygens (including phenoxy) is 9. The lowest BCUT2D eigenvalue weighted by Gasteiger charge is -2.51. The Morgan fingerprint density at radius 1 is 0.841 bits per heavy atom. The van der Waals surface area contributed by atoms with Gasteiger partial charge in [0.05, 0.1) is 36.4 Å². The smallest absolute Gasteiger partial charge is 0.336 e. The van der Waals surface area contributed by atoms with Crippen molar-refractivity contribution in [2.24, 2.45) is 17.8 Å². The minimum absolute atomic E-state index is 0.0330. The molecule has 19 atom stereocenters. The number of fused-ring (bicyclic) bond motifs is 11. The molecule has 352 valence electrons. The van der Waals surface area contributed by atoms with E-state index in [0.29, 0.717) is 57.8 Å². The van der Waals surface area contributed by atoms with Crippen molar-refractivity contribution < 1.29 is 77.4 Å². The molecule has 9 aliphatic heterocycles. The lowest BCUT2D eigenvalue weighted by Crippen LogP contribution is -2.61. The molecule has 0 aliphatic carbocycles. The zero-order chi connectivity index (χ0) is 44.9. The number of allylic oxidation sites excluding steroid dienone is 3. The Labute approximate surface area is 369 Å². The predicted octanol–water partition coefficient (Wildman–Crippen LogP) is 4.32. The second-order valence-electron chi connectivity index (χ2n) is 21.1. The van der Waals surface area contributed by atoms with E-state index in [0.717, 1.165) is 5.57 Å². The number of hydrogen-bond donors (Lipinski definition) is 4. The largest absolute Gasteiger partial charge is 0.479 e. The first-order chi connectivity index (χ1) is 29.7. The Bertz CT molecular complexity index is 1860. The van der Waals surface area contributed by atoms with Gasteiger partial charge in [0.1, 0.15) is 48.3 Å². The van der Waals surface area contributed by atoms with Crippen LogP contribution in [0.1, 0.15) is 131 Å². The van der Waals surface area contributed by atoms with Gasteiger partial charge in [0.15, 0.2) is 23.0 Å². The van der Waals surface area contributed by atoms with E-state index in [1.807, 2.05) is 32.9 Å². The Balaban J connectivity index is 1.04. The van der Waals surface area contributed by atoms with Crippen molar-refractivity contribution in [2.45, 2.75) is 227 Å². The van der Waals surface area contributed by atoms with Gasteiger partial charge < -0.3 is 63.1 Å². The third-order valence-corrected chi connectivity index (χ3v) is 16.0. The van der Waals surface area contributed by atoms with Gasteiger partial charge in [-0.3, -0.25) is 9.59 Å². The summed E-state index contributed by atoms with van der Waals surface area (Å²) in [5, 5.41) is 45.0. The lowest BCUT2D eigenvalue weighted by atomic mass is 9.83. The number of esters is 1. The third kappa shape index (κ3) is 8.18. The number of carbonyl (C=O) groups is 3. The molecular formula is C47H68O16. The summed E-state index contributed by atoms with van der Waals surface area (Å²) in [7, 11) is 0. The summed E-state index contributed by atoms with van der Waals surface area (Å²) in [6, 6.07) is 0. The van der Waals surface area contributed by atoms with Crippen LogP contribution in [0.25, 0.3) is 0 Å². The predicted molar refractivity (Wildman–Crippen MR) is 220 cm³/mol. The van der Waals surface area contributed by atoms with Crippen molar-refractivity contribution in [3.05, 3.63) is 23.8 Å². The fraction of sp³-hybridized carbons (Fsp3) is 0.851. The number of aliphatic carboxylic acids is 1. The highest BCUT2D eigenvalue weighted by molar-refractivity contribution is 5.87. The van der Waals surface area contributed by atoms with Gasteiger partial charge in [-0.05, 0) is 90.9 Å². The van der Waals surface area contributed by atoms with Crippen LogP contribution < -0.4 is 0 Å². The van der Waals surface area contributed by atoms with E-state index >= 15 is 0 Å². The van der Waals surface area contributed by atoms with Gasteiger partial charge in [-0.2, -0.15) is 0 Å². The maximum Gasteiger partial charge on any atom is 0.336 e. The summed E-state index contributed by atoms with van der Waals surface area (Å²) in [6.45, 7) is 11.7. The Morgan fingerprint density at radius 2 is 1.63 bits per heavy atom. The molecule has 9 rings (SSSR count). The number of Topliss-reactive ketones (excluding diaryl/α,β-unsaturated/α-hetero) is 1. The molecule has 63 heavy (non-hydrogen) atoms. The van der Waals surface area contributed by atoms with E-state index in [-0.39, 0.29) is 56.3 Å². The summed E-state index contributed by atoms with van der Waals surface area (Å²) < 4.78 is 58.7. The Kier molecular flexibility index (Phi) is 12.0. The first-order valence-corrected chi connectivity index (χ1v) is 23.5. The number of aliphatic hydroxyl groups excluding tert-OH is 2. The maximum atomic E-state index is 14.1. The van der Waals surface area contributed by atoms with E-state index in [1.54, 1.807) is 13.8 Å². The van der Waals surface area contributed by atoms with Gasteiger partial charge in [-0.1, -0.05) is 37.6 Å². The minimum atomic E-state index is -1.99. The molecule has 4 N–H and O–H groups in total. The second kappa shape index (κ2) is 16.5. The second-order valence-corrected chi connectivity index (χ2v) is 21.1. The topological polar surface area (TPSA) is 215 Å². The summed E-state index contributed by atoms with van der Waals surface area (Å²) in [5.74, 6) is -7.44. The Morgan fingerprint density at radius 3 is 2.41 bits per heavy atom. The number of rotatable bonds is 2. The molecule has 2 unspecified atom stereocenters. The molecule has 0 aromatic carbocycles. The van der Waals surface area contributed by atoms with Gasteiger partial charge in [-0.25, -0.2) is 4.79 Å². The fourth-order valence-electron chi connectivity index (χ4n) is 12.5. The molecule has 2 spiro atoms. The number of carbonyl (C=O) groups excluding carboxylic acids is 2. The van der Waals surface area contributed by atoms with Gasteiger partial charge in [-0.15, -0.1) is 0 Å². The van der Waals surface area contributed by atoms with Crippen LogP contribution in [0.4, 0.5) is 0 Å². The van der Waals surface area contributed by atoms with Crippen molar-refractivity contribution in [3.8, 4) is 0 Å². The highest BCUT2D eigenvalue weighted by Crippen LogP contribution is 2.56. The molecule has 0 radical (unpaired) electrons. The van der Waals surface area contributed by atoms with Crippen LogP contribution in [0.2, 0.25) is 0 Å². The lowest BCUT2D eigenvalue weighted by molar-refractivity contribution is -0.368. The highest BCUT2D eigenvalue weighted by Gasteiger charge is 2.68. The maximum absolute atomic E-state index is 14.1. The van der Waals surface area contributed by atoms with E-state index in [9.17, 15) is 34.8 Å². The summed E-state index contributed by atoms with van der Waals surface area (Å²) >= 11 is 0. The first kappa shape index (κ1) is 45.8. The zero-order valence-electron chi connectivity index (χ0n) is 37.5. The monoisotopic (exact) mass is 888 g/mol. The molecular weight excluding hydrogens is 821 g/mol. The van der Waals surface area contributed by atoms with Crippen molar-refractivity contribution in [2.75, 3.05) is 6.61 Å². The molecule has 10 bridgehead atoms. The molecule has 16 nitrogen and oxygen atoms in total. The van der Waals surface area contributed by atoms with Gasteiger partial charge in [0, 0.05) is 38.5 Å². The third-order valence-electron chi connectivity index (χ3n) is 16.0. The number of hydrogen-bond acceptors (Lipinski definition) is 15. The van der Waals surface area contributed by atoms with Crippen LogP contribution in [-0.4, -0.2) is 140 Å². The van der Waals surface area contributed by atoms with E-state index < -0.39 is 113 Å². The quantitative estimate of drug-likeness (QED) is 0.224. The van der Waals surface area contributed by atoms with Gasteiger partial charge in [0.25, 0.3) is 0 Å². The number of carboxylic acids is 1. The molecule has 0 amide bonds. The minimum Gasteiger partial charge on any atom is -0.479 e. The number of ketones is 1. The Hall–Kier alpha value is -2.35. The normalized spacial score (nSPS) is 52.9. The molecule has 0 saturated carbocycles. The average Bonchev–Trinajstić information content (AvgIpc) is 3.99. The summed E-state index contributed by atoms with van der Waals surface area (Å²) in [4.78, 5) is 41.2. The molecule has 9 aliphatic rings. The molecule has 0 aromatic heterocycles. The number of aliphatic hydroxyl groups is 3. The summed E-state index contributed by atoms with van der Waals surface area (Å²) in [6.07, 6.45) is 1.94. The first-order valence-electron chi connectivity index (χ1n) is 23.5. The van der Waals surface area contributed by atoms with E-state index in [2.05, 4.69) is 13.0 Å². The van der Waals surface area contributed by atoms with Crippen LogP contribution in [0, 0.1) is 17.8 Å². The zero-order valence-corrected chi connectivity index (χ0v) is 37.5. The summed E-state index contributed by atoms with van der Waals surface area (Å²) in [5.41, 5.74) is -2.58. The van der Waals surface area contributed by atoms with Crippen LogP contribution in [0.15, 0.2) is 23.8 Å². The molecule has 9 heterocycles. The molecule has 8 saturated heterocycles. The standard InChI is InChI=1S/C47H68O16/c1-25-9-10-32-33(21-36(56-32)47(54)38(50)27(3)13-19-55-47)57-40(51)28(4)31-8-7-14-45(58-31)16-11-29(48)39(62-45)43(6)23-30(49)37(61-43)34-24-44(41(52)53)17-18-46(59-34,63-44)35-12-15-42(5,60-35)22-26(2)20-25/h9-10,20,26-29,31-39,48,50,54H,7-8,11-19,21-24H2,1-6H3,(H,52,53)/t26-,27?,28+,29-,31-,32-,33+,34+,35+,36+,37?,38+,39-,42+,43+,44+,45-,46-,47-/m0/s1. The van der Waals surface area contributed by atoms with Crippen molar-refractivity contribution in [3.63, 3.8) is 0 Å². The molecule has 0 aromatic rings. The SMILES string of the molecule is CC1=C[C@H](C)C[C@@]2(C)CC[C@@H](O2)[C@@]23CC[C@](C(=O)O)(C[C@@H](O2)C2O[C@](C)(CC2=O)[C@H]2O[C@@]4(CCC[C@H](O4)[C@@H](C)C(=O)O[C@@H]4C[C@H]([C@]5(O)OCCC(C)[C@H]5O)O[C@H]4C=C1)CC[C@@H]2O)O3. The van der Waals surface area contributed by atoms with Gasteiger partial charge >= 0.3 is 11.9 Å². The van der Waals surface area contributed by atoms with Crippen molar-refractivity contribution in [1.29, 1.82) is 0 Å². The highest BCUT2D eigenvalue weighted by atomic mass is 16.8. The van der Waals surface area contributed by atoms with Crippen LogP contribution in [-0.2, 0) is 57.0 Å². The van der Waals surface area contributed by atoms with Crippen LogP contribution in [0.3, 0.4) is 0 Å². The van der Waals surface area contributed by atoms with Crippen LogP contribution in [0.5, 0.6) is 0 Å². The van der Waals surface area contributed by atoms with Crippen molar-refractivity contribution in [1.82, 2.24) is 0 Å². The van der Waals surface area contributed by atoms with Crippen LogP contribution >= 0.6 is 0 Å². The van der Waals surface area contributed by atoms with E-state index in [4.69, 9.17) is 42.6 Å². The van der Waals surface area contributed by atoms with E-state index in [1.165, 1.54) is 0 Å². The molecule has 16 heteroatoms. The van der Waals surface area contributed by atoms with Gasteiger partial charge in [0.2, 0.25) is 5.79 Å². The molecule has 8 fully saturated rings. The van der Waals surface area contributed by atoms with Crippen molar-refractivity contribution >= 4 is 17.7 Å². The number of carboxylic acid groups (broad SMARTS) is 1. The average molecular weight is 889 g/mol. The fourth-order valence-corrected chi connectivity index (χ4v) is 12.5.